The van der Waals surface area contributed by atoms with E-state index in [1.54, 1.807) is 30.3 Å². The monoisotopic (exact) mass is 436 g/mol. The summed E-state index contributed by atoms with van der Waals surface area (Å²) in [5, 5.41) is 0.800. The fourth-order valence-corrected chi connectivity index (χ4v) is 3.39. The molecule has 0 radical (unpaired) electrons. The van der Waals surface area contributed by atoms with E-state index in [0.29, 0.717) is 21.4 Å². The lowest BCUT2D eigenvalue weighted by molar-refractivity contribution is 0.0734. The van der Waals surface area contributed by atoms with E-state index in [-0.39, 0.29) is 0 Å². The van der Waals surface area contributed by atoms with Gasteiger partial charge >= 0.3 is 11.6 Å². The van der Waals surface area contributed by atoms with Crippen LogP contribution in [0.1, 0.15) is 15.9 Å². The van der Waals surface area contributed by atoms with Crippen LogP contribution in [0.25, 0.3) is 11.0 Å². The van der Waals surface area contributed by atoms with E-state index in [9.17, 15) is 9.59 Å². The van der Waals surface area contributed by atoms with Crippen molar-refractivity contribution in [1.29, 1.82) is 0 Å². The van der Waals surface area contributed by atoms with Crippen LogP contribution in [0.15, 0.2) is 60.6 Å². The summed E-state index contributed by atoms with van der Waals surface area (Å²) in [4.78, 5) is 23.7. The van der Waals surface area contributed by atoms with Crippen molar-refractivity contribution in [3.05, 3.63) is 73.0 Å². The molecule has 1 heterocycles. The van der Waals surface area contributed by atoms with Gasteiger partial charge in [0.2, 0.25) is 0 Å². The van der Waals surface area contributed by atoms with Crippen LogP contribution >= 0.6 is 31.9 Å². The second-order valence-corrected chi connectivity index (χ2v) is 6.69. The third kappa shape index (κ3) is 3.38. The van der Waals surface area contributed by atoms with Crippen molar-refractivity contribution < 1.29 is 13.9 Å². The summed E-state index contributed by atoms with van der Waals surface area (Å²) in [5.74, 6) is -0.190. The van der Waals surface area contributed by atoms with Crippen molar-refractivity contribution in [2.45, 2.75) is 6.92 Å². The second kappa shape index (κ2) is 6.29. The van der Waals surface area contributed by atoms with Gasteiger partial charge in [0.05, 0.1) is 5.56 Å². The predicted molar refractivity (Wildman–Crippen MR) is 94.0 cm³/mol. The highest BCUT2D eigenvalue weighted by atomic mass is 79.9. The molecule has 4 nitrogen and oxygen atoms in total. The van der Waals surface area contributed by atoms with E-state index in [1.165, 1.54) is 12.1 Å². The zero-order chi connectivity index (χ0) is 16.6. The van der Waals surface area contributed by atoms with E-state index in [0.717, 1.165) is 15.4 Å². The number of rotatable bonds is 2. The highest BCUT2D eigenvalue weighted by Gasteiger charge is 2.14. The number of fused-ring (bicyclic) bond motifs is 1. The molecule has 0 N–H and O–H groups in total. The van der Waals surface area contributed by atoms with Crippen molar-refractivity contribution in [2.24, 2.45) is 0 Å². The van der Waals surface area contributed by atoms with E-state index in [1.807, 2.05) is 6.92 Å². The SMILES string of the molecule is Cc1cc(=O)oc2cc(OC(=O)c3ccc(Br)cc3Br)ccc12. The number of aryl methyl sites for hydroxylation is 1. The zero-order valence-corrected chi connectivity index (χ0v) is 15.1. The highest BCUT2D eigenvalue weighted by molar-refractivity contribution is 9.11. The Kier molecular flexibility index (Phi) is 4.37. The van der Waals surface area contributed by atoms with E-state index in [2.05, 4.69) is 31.9 Å². The first-order valence-electron chi connectivity index (χ1n) is 6.66. The Labute approximate surface area is 148 Å². The van der Waals surface area contributed by atoms with Crippen LogP contribution in [0.2, 0.25) is 0 Å². The van der Waals surface area contributed by atoms with Crippen LogP contribution in [0.5, 0.6) is 5.75 Å². The molecule has 0 saturated heterocycles. The highest BCUT2D eigenvalue weighted by Crippen LogP contribution is 2.26. The molecule has 0 saturated carbocycles. The summed E-state index contributed by atoms with van der Waals surface area (Å²) in [6.45, 7) is 1.82. The first kappa shape index (κ1) is 16.0. The van der Waals surface area contributed by atoms with Gasteiger partial charge in [0.1, 0.15) is 11.3 Å². The number of benzene rings is 2. The van der Waals surface area contributed by atoms with Gasteiger partial charge in [-0.25, -0.2) is 9.59 Å². The van der Waals surface area contributed by atoms with Gasteiger partial charge < -0.3 is 9.15 Å². The van der Waals surface area contributed by atoms with Crippen LogP contribution in [0.3, 0.4) is 0 Å². The summed E-state index contributed by atoms with van der Waals surface area (Å²) in [6, 6.07) is 11.6. The lowest BCUT2D eigenvalue weighted by atomic mass is 10.1. The topological polar surface area (TPSA) is 56.5 Å². The van der Waals surface area contributed by atoms with E-state index in [4.69, 9.17) is 9.15 Å². The molecule has 3 rings (SSSR count). The molecule has 0 amide bonds. The standard InChI is InChI=1S/C17H10Br2O4/c1-9-6-16(20)23-15-8-11(3-5-12(9)15)22-17(21)13-4-2-10(18)7-14(13)19/h2-8H,1H3. The first-order chi connectivity index (χ1) is 10.9. The van der Waals surface area contributed by atoms with Crippen LogP contribution in [0, 0.1) is 6.92 Å². The molecule has 0 bridgehead atoms. The van der Waals surface area contributed by atoms with Gasteiger partial charge in [-0.05, 0) is 58.7 Å². The minimum absolute atomic E-state index is 0.311. The third-order valence-corrected chi connectivity index (χ3v) is 4.43. The Bertz CT molecular complexity index is 976. The molecular formula is C17H10Br2O4. The van der Waals surface area contributed by atoms with Gasteiger partial charge in [-0.15, -0.1) is 0 Å². The molecule has 3 aromatic rings. The Balaban J connectivity index is 1.95. The lowest BCUT2D eigenvalue weighted by Crippen LogP contribution is -2.09. The molecular weight excluding hydrogens is 428 g/mol. The van der Waals surface area contributed by atoms with Gasteiger partial charge in [-0.1, -0.05) is 15.9 Å². The van der Waals surface area contributed by atoms with Crippen molar-refractivity contribution in [1.82, 2.24) is 0 Å². The second-order valence-electron chi connectivity index (χ2n) is 4.92. The Morgan fingerprint density at radius 3 is 2.61 bits per heavy atom. The molecule has 0 aliphatic rings. The first-order valence-corrected chi connectivity index (χ1v) is 8.24. The van der Waals surface area contributed by atoms with Crippen LogP contribution < -0.4 is 10.4 Å². The largest absolute Gasteiger partial charge is 0.423 e. The quantitative estimate of drug-likeness (QED) is 0.327. The number of carbonyl (C=O) groups is 1. The lowest BCUT2D eigenvalue weighted by Gasteiger charge is -2.07. The van der Waals surface area contributed by atoms with Crippen molar-refractivity contribution in [3.63, 3.8) is 0 Å². The van der Waals surface area contributed by atoms with Crippen molar-refractivity contribution in [2.75, 3.05) is 0 Å². The average Bonchev–Trinajstić information content (AvgIpc) is 2.46. The zero-order valence-electron chi connectivity index (χ0n) is 11.9. The molecule has 23 heavy (non-hydrogen) atoms. The summed E-state index contributed by atoms with van der Waals surface area (Å²) >= 11 is 6.66. The molecule has 0 aliphatic carbocycles. The molecule has 2 aromatic carbocycles. The molecule has 6 heteroatoms. The van der Waals surface area contributed by atoms with Gasteiger partial charge in [0, 0.05) is 26.5 Å². The van der Waals surface area contributed by atoms with Crippen molar-refractivity contribution in [3.8, 4) is 5.75 Å². The summed E-state index contributed by atoms with van der Waals surface area (Å²) in [6.07, 6.45) is 0. The number of esters is 1. The normalized spacial score (nSPS) is 10.7. The molecule has 1 aromatic heterocycles. The van der Waals surface area contributed by atoms with Gasteiger partial charge in [-0.2, -0.15) is 0 Å². The molecule has 0 spiro atoms. The summed E-state index contributed by atoms with van der Waals surface area (Å²) in [7, 11) is 0. The van der Waals surface area contributed by atoms with Gasteiger partial charge in [-0.3, -0.25) is 0 Å². The van der Waals surface area contributed by atoms with Crippen LogP contribution in [0.4, 0.5) is 0 Å². The number of ether oxygens (including phenoxy) is 1. The number of hydrogen-bond acceptors (Lipinski definition) is 4. The molecule has 116 valence electrons. The van der Waals surface area contributed by atoms with E-state index >= 15 is 0 Å². The molecule has 0 aliphatic heterocycles. The minimum atomic E-state index is -0.501. The van der Waals surface area contributed by atoms with Crippen LogP contribution in [-0.2, 0) is 0 Å². The predicted octanol–water partition coefficient (Wildman–Crippen LogP) is 4.85. The fourth-order valence-electron chi connectivity index (χ4n) is 2.19. The van der Waals surface area contributed by atoms with E-state index < -0.39 is 11.6 Å². The summed E-state index contributed by atoms with van der Waals surface area (Å²) < 4.78 is 12.0. The number of halogens is 2. The number of hydrogen-bond donors (Lipinski definition) is 0. The Hall–Kier alpha value is -1.92. The maximum atomic E-state index is 12.3. The minimum Gasteiger partial charge on any atom is -0.423 e. The fraction of sp³-hybridized carbons (Fsp3) is 0.0588. The van der Waals surface area contributed by atoms with Gasteiger partial charge in [0.25, 0.3) is 0 Å². The average molecular weight is 438 g/mol. The maximum absolute atomic E-state index is 12.3. The Morgan fingerprint density at radius 1 is 1.09 bits per heavy atom. The summed E-state index contributed by atoms with van der Waals surface area (Å²) in [5.41, 5.74) is 1.16. The number of carbonyl (C=O) groups excluding carboxylic acids is 1. The maximum Gasteiger partial charge on any atom is 0.344 e. The third-order valence-electron chi connectivity index (χ3n) is 3.28. The molecule has 0 fully saturated rings. The van der Waals surface area contributed by atoms with Crippen molar-refractivity contribution >= 4 is 48.8 Å². The smallest absolute Gasteiger partial charge is 0.344 e. The Morgan fingerprint density at radius 2 is 1.87 bits per heavy atom. The molecule has 0 atom stereocenters. The van der Waals surface area contributed by atoms with Gasteiger partial charge in [0.15, 0.2) is 0 Å². The van der Waals surface area contributed by atoms with Crippen LogP contribution in [-0.4, -0.2) is 5.97 Å². The molecule has 0 unspecified atom stereocenters.